The van der Waals surface area contributed by atoms with Gasteiger partial charge in [0.1, 0.15) is 0 Å². The molecule has 0 saturated carbocycles. The highest BCUT2D eigenvalue weighted by Crippen LogP contribution is 2.22. The topological polar surface area (TPSA) is 44.7 Å². The summed E-state index contributed by atoms with van der Waals surface area (Å²) in [5.74, 6) is 0.334. The SMILES string of the molecule is O=C(CSC(=Nc1ccccc1)N1CCCCCC1)Nc1ccc2ccccc2c1. The predicted molar refractivity (Wildman–Crippen MR) is 129 cm³/mol. The number of rotatable bonds is 4. The van der Waals surface area contributed by atoms with Gasteiger partial charge in [-0.3, -0.25) is 4.79 Å². The molecule has 1 amide bonds. The number of amidine groups is 1. The van der Waals surface area contributed by atoms with E-state index in [1.54, 1.807) is 0 Å². The van der Waals surface area contributed by atoms with E-state index >= 15 is 0 Å². The highest BCUT2D eigenvalue weighted by atomic mass is 32.2. The van der Waals surface area contributed by atoms with Gasteiger partial charge in [-0.15, -0.1) is 0 Å². The molecule has 1 fully saturated rings. The maximum absolute atomic E-state index is 12.7. The molecule has 0 aliphatic carbocycles. The third-order valence-corrected chi connectivity index (χ3v) is 6.24. The van der Waals surface area contributed by atoms with Gasteiger partial charge in [-0.05, 0) is 47.9 Å². The molecule has 1 aliphatic rings. The molecule has 0 spiro atoms. The third-order valence-electron chi connectivity index (χ3n) is 5.22. The number of anilines is 1. The summed E-state index contributed by atoms with van der Waals surface area (Å²) < 4.78 is 0. The van der Waals surface area contributed by atoms with Crippen molar-refractivity contribution in [3.05, 3.63) is 72.8 Å². The molecular formula is C25H27N3OS. The molecule has 0 aromatic heterocycles. The Morgan fingerprint density at radius 1 is 0.867 bits per heavy atom. The largest absolute Gasteiger partial charge is 0.351 e. The number of nitrogens with one attached hydrogen (secondary N) is 1. The number of likely N-dealkylation sites (tertiary alicyclic amines) is 1. The van der Waals surface area contributed by atoms with Crippen molar-refractivity contribution in [2.24, 2.45) is 4.99 Å². The van der Waals surface area contributed by atoms with E-state index in [0.29, 0.717) is 5.75 Å². The summed E-state index contributed by atoms with van der Waals surface area (Å²) in [6.07, 6.45) is 4.89. The Morgan fingerprint density at radius 2 is 1.57 bits per heavy atom. The first-order valence-electron chi connectivity index (χ1n) is 10.6. The van der Waals surface area contributed by atoms with Gasteiger partial charge < -0.3 is 10.2 Å². The molecule has 0 unspecified atom stereocenters. The van der Waals surface area contributed by atoms with Gasteiger partial charge in [0.2, 0.25) is 5.91 Å². The maximum atomic E-state index is 12.7. The monoisotopic (exact) mass is 417 g/mol. The van der Waals surface area contributed by atoms with E-state index in [-0.39, 0.29) is 5.91 Å². The average Bonchev–Trinajstić information content (AvgIpc) is 3.07. The van der Waals surface area contributed by atoms with Crippen LogP contribution in [0.4, 0.5) is 11.4 Å². The van der Waals surface area contributed by atoms with E-state index in [4.69, 9.17) is 4.99 Å². The lowest BCUT2D eigenvalue weighted by atomic mass is 10.1. The Balaban J connectivity index is 1.44. The molecule has 5 heteroatoms. The number of carbonyl (C=O) groups is 1. The smallest absolute Gasteiger partial charge is 0.234 e. The normalized spacial score (nSPS) is 15.1. The molecule has 4 rings (SSSR count). The van der Waals surface area contributed by atoms with Crippen LogP contribution in [0.15, 0.2) is 77.8 Å². The van der Waals surface area contributed by atoms with Crippen molar-refractivity contribution >= 4 is 45.0 Å². The minimum Gasteiger partial charge on any atom is -0.351 e. The van der Waals surface area contributed by atoms with E-state index in [1.165, 1.54) is 42.8 Å². The Kier molecular flexibility index (Phi) is 7.03. The van der Waals surface area contributed by atoms with Crippen molar-refractivity contribution in [2.75, 3.05) is 24.2 Å². The summed E-state index contributed by atoms with van der Waals surface area (Å²) in [6.45, 7) is 2.01. The highest BCUT2D eigenvalue weighted by Gasteiger charge is 2.16. The van der Waals surface area contributed by atoms with Crippen LogP contribution in [-0.4, -0.2) is 34.8 Å². The number of aliphatic imine (C=N–C) groups is 1. The molecule has 1 N–H and O–H groups in total. The number of hydrogen-bond acceptors (Lipinski definition) is 3. The van der Waals surface area contributed by atoms with Crippen LogP contribution in [0.2, 0.25) is 0 Å². The summed E-state index contributed by atoms with van der Waals surface area (Å²) in [7, 11) is 0. The number of para-hydroxylation sites is 1. The lowest BCUT2D eigenvalue weighted by Crippen LogP contribution is -2.31. The van der Waals surface area contributed by atoms with Gasteiger partial charge in [0.05, 0.1) is 11.4 Å². The molecular weight excluding hydrogens is 390 g/mol. The van der Waals surface area contributed by atoms with Gasteiger partial charge in [0.15, 0.2) is 5.17 Å². The van der Waals surface area contributed by atoms with E-state index in [1.807, 2.05) is 60.7 Å². The summed E-state index contributed by atoms with van der Waals surface area (Å²) in [5.41, 5.74) is 1.76. The third kappa shape index (κ3) is 5.63. The van der Waals surface area contributed by atoms with Gasteiger partial charge >= 0.3 is 0 Å². The zero-order valence-electron chi connectivity index (χ0n) is 17.1. The van der Waals surface area contributed by atoms with Crippen LogP contribution in [0.25, 0.3) is 10.8 Å². The number of amides is 1. The molecule has 1 heterocycles. The molecule has 0 bridgehead atoms. The number of fused-ring (bicyclic) bond motifs is 1. The van der Waals surface area contributed by atoms with Crippen LogP contribution in [0, 0.1) is 0 Å². The van der Waals surface area contributed by atoms with Gasteiger partial charge in [-0.25, -0.2) is 4.99 Å². The molecule has 154 valence electrons. The highest BCUT2D eigenvalue weighted by molar-refractivity contribution is 8.14. The second-order valence-corrected chi connectivity index (χ2v) is 8.47. The van der Waals surface area contributed by atoms with Gasteiger partial charge in [-0.2, -0.15) is 0 Å². The Hall–Kier alpha value is -2.79. The standard InChI is InChI=1S/C25H27N3OS/c29-24(26-23-15-14-20-10-6-7-11-21(20)18-23)19-30-25(27-22-12-4-3-5-13-22)28-16-8-1-2-9-17-28/h3-7,10-15,18H,1-2,8-9,16-17,19H2,(H,26,29). The van der Waals surface area contributed by atoms with Gasteiger partial charge in [0.25, 0.3) is 0 Å². The number of benzene rings is 3. The van der Waals surface area contributed by atoms with Crippen LogP contribution < -0.4 is 5.32 Å². The van der Waals surface area contributed by atoms with E-state index < -0.39 is 0 Å². The van der Waals surface area contributed by atoms with Crippen LogP contribution in [0.5, 0.6) is 0 Å². The molecule has 0 radical (unpaired) electrons. The van der Waals surface area contributed by atoms with Gasteiger partial charge in [-0.1, -0.05) is 73.1 Å². The Labute approximate surface area is 182 Å². The van der Waals surface area contributed by atoms with Crippen molar-refractivity contribution in [2.45, 2.75) is 25.7 Å². The van der Waals surface area contributed by atoms with Crippen molar-refractivity contribution in [3.8, 4) is 0 Å². The van der Waals surface area contributed by atoms with Crippen LogP contribution >= 0.6 is 11.8 Å². The lowest BCUT2D eigenvalue weighted by molar-refractivity contribution is -0.113. The van der Waals surface area contributed by atoms with Crippen LogP contribution in [0.3, 0.4) is 0 Å². The molecule has 30 heavy (non-hydrogen) atoms. The number of nitrogens with zero attached hydrogens (tertiary/aromatic N) is 2. The van der Waals surface area contributed by atoms with E-state index in [0.717, 1.165) is 35.0 Å². The first-order chi connectivity index (χ1) is 14.8. The molecule has 3 aromatic rings. The fourth-order valence-corrected chi connectivity index (χ4v) is 4.53. The zero-order chi connectivity index (χ0) is 20.6. The summed E-state index contributed by atoms with van der Waals surface area (Å²) in [5, 5.41) is 6.27. The molecule has 1 aliphatic heterocycles. The van der Waals surface area contributed by atoms with E-state index in [9.17, 15) is 4.79 Å². The first-order valence-corrected chi connectivity index (χ1v) is 11.6. The van der Waals surface area contributed by atoms with Crippen molar-refractivity contribution < 1.29 is 4.79 Å². The minimum absolute atomic E-state index is 0.00846. The second kappa shape index (κ2) is 10.3. The first kappa shape index (κ1) is 20.5. The van der Waals surface area contributed by atoms with Crippen molar-refractivity contribution in [1.29, 1.82) is 0 Å². The van der Waals surface area contributed by atoms with Gasteiger partial charge in [0, 0.05) is 18.8 Å². The van der Waals surface area contributed by atoms with Crippen LogP contribution in [-0.2, 0) is 4.79 Å². The fourth-order valence-electron chi connectivity index (χ4n) is 3.66. The van der Waals surface area contributed by atoms with Crippen LogP contribution in [0.1, 0.15) is 25.7 Å². The maximum Gasteiger partial charge on any atom is 0.234 e. The Morgan fingerprint density at radius 3 is 2.33 bits per heavy atom. The lowest BCUT2D eigenvalue weighted by Gasteiger charge is -2.23. The second-order valence-electron chi connectivity index (χ2n) is 7.53. The molecule has 0 atom stereocenters. The number of thioether (sulfide) groups is 1. The predicted octanol–water partition coefficient (Wildman–Crippen LogP) is 6.08. The Bertz CT molecular complexity index is 1010. The minimum atomic E-state index is -0.00846. The molecule has 3 aromatic carbocycles. The van der Waals surface area contributed by atoms with Crippen molar-refractivity contribution in [3.63, 3.8) is 0 Å². The molecule has 1 saturated heterocycles. The zero-order valence-corrected chi connectivity index (χ0v) is 17.9. The summed E-state index contributed by atoms with van der Waals surface area (Å²) in [6, 6.07) is 24.2. The quantitative estimate of drug-likeness (QED) is 0.414. The molecule has 4 nitrogen and oxygen atoms in total. The number of hydrogen-bond donors (Lipinski definition) is 1. The fraction of sp³-hybridized carbons (Fsp3) is 0.280. The summed E-state index contributed by atoms with van der Waals surface area (Å²) >= 11 is 1.53. The van der Waals surface area contributed by atoms with Crippen molar-refractivity contribution in [1.82, 2.24) is 4.90 Å². The number of carbonyl (C=O) groups excluding carboxylic acids is 1. The summed E-state index contributed by atoms with van der Waals surface area (Å²) in [4.78, 5) is 19.9. The average molecular weight is 418 g/mol. The van der Waals surface area contributed by atoms with E-state index in [2.05, 4.69) is 22.3 Å².